The number of methoxy groups -OCH3 is 3. The Balaban J connectivity index is 0.784. The number of carbonyl (C=O) groups is 13. The van der Waals surface area contributed by atoms with Crippen molar-refractivity contribution >= 4 is 135 Å². The number of anilines is 2. The number of imide groups is 1. The Morgan fingerprint density at radius 1 is 0.565 bits per heavy atom. The molecule has 1 aliphatic carbocycles. The number of esters is 1. The maximum absolute atomic E-state index is 14.9. The molecule has 714 valence electrons. The second-order valence-corrected chi connectivity index (χ2v) is 34.4. The van der Waals surface area contributed by atoms with Crippen molar-refractivity contribution in [2.24, 2.45) is 52.0 Å². The first-order chi connectivity index (χ1) is 63.0. The van der Waals surface area contributed by atoms with Crippen molar-refractivity contribution in [1.82, 2.24) is 63.1 Å². The summed E-state index contributed by atoms with van der Waals surface area (Å²) in [6, 6.07) is 10.8. The Morgan fingerprint density at radius 3 is 1.62 bits per heavy atom. The van der Waals surface area contributed by atoms with Crippen molar-refractivity contribution in [3.05, 3.63) is 101 Å². The molecule has 0 saturated carbocycles. The van der Waals surface area contributed by atoms with E-state index in [0.717, 1.165) is 44.3 Å². The second-order valence-electron chi connectivity index (χ2n) is 32.2. The standard InChI is InChI=1S/C87H125N23O19S2/c1-124-66-38-47(39-67(125-2)75(66)126-3)72-52-40-64-65(129-46-128-64)41-53(52)74(54-44-127-85(123)73(54)72)102-50-24-22-49(23-25-50)101-70(112)27-35-110-71(113)42-68(84(110)122)131-45-55(91)77(115)97-34-26-69(111)103-58(20-13-32-98-86(93)94)78(116)106-61(21-14-33-99-87(95)96)80(118)108-62(28-36-130-4)82(120)105-60(19-9-12-31-90)81(119)109-63(37-48-43-100-56-16-6-5-15-51(48)56)83(121)107-59(18-8-11-30-89)79(117)104-57(76(92)114)17-7-10-29-88/h5-6,15-16,22-25,38-41,43,54-55,57-63,68,72-74,100,102H,7-14,17-21,26-37,42,44-46,88-91H2,1-4H3,(H2,92,114)(H,97,115)(H,101,112)(H,103,111)(H,104,117)(H,105,120)(H,106,116)(H,107,121)(H,108,118)(H,109,119)(H4,93,94,98)(H4,95,96,99)/t54-,55-,57-,58-,59-,60-,61-,62-,63-,68?,72+,73-,74+/m0/s1. The lowest BCUT2D eigenvalue weighted by molar-refractivity contribution is -0.142. The number of amides is 12. The Labute approximate surface area is 767 Å². The Bertz CT molecular complexity index is 4810. The highest BCUT2D eigenvalue weighted by Gasteiger charge is 2.53. The summed E-state index contributed by atoms with van der Waals surface area (Å²) in [7, 11) is 4.54. The molecule has 13 atom stereocenters. The number of nitrogens with two attached hydrogens (primary N) is 7. The molecular formula is C87H125N23O19S2. The van der Waals surface area contributed by atoms with Crippen molar-refractivity contribution in [2.45, 2.75) is 181 Å². The number of primary amides is 1. The number of aromatic nitrogens is 1. The van der Waals surface area contributed by atoms with Crippen LogP contribution in [0.5, 0.6) is 28.7 Å². The number of nitrogens with one attached hydrogen (secondary N) is 15. The van der Waals surface area contributed by atoms with Gasteiger partial charge in [-0.3, -0.25) is 78.0 Å². The number of H-pyrrole nitrogens is 1. The molecule has 4 heterocycles. The zero-order valence-corrected chi connectivity index (χ0v) is 75.7. The molecule has 0 radical (unpaired) electrons. The van der Waals surface area contributed by atoms with Crippen molar-refractivity contribution in [3.63, 3.8) is 0 Å². The predicted molar refractivity (Wildman–Crippen MR) is 492 cm³/mol. The summed E-state index contributed by atoms with van der Waals surface area (Å²) in [6.45, 7) is 0.607. The number of thioether (sulfide) groups is 2. The molecule has 12 amide bonds. The number of cyclic esters (lactones) is 1. The number of guanidine groups is 2. The van der Waals surface area contributed by atoms with E-state index in [4.69, 9.17) is 79.4 Å². The van der Waals surface area contributed by atoms with Crippen LogP contribution in [-0.2, 0) is 73.5 Å². The molecular weight excluding hydrogens is 1740 g/mol. The molecule has 29 N–H and O–H groups in total. The molecule has 3 aliphatic heterocycles. The minimum atomic E-state index is -1.42. The van der Waals surface area contributed by atoms with Gasteiger partial charge in [0.05, 0.1) is 51.2 Å². The van der Waals surface area contributed by atoms with E-state index in [1.165, 1.54) is 33.1 Å². The van der Waals surface area contributed by atoms with Crippen LogP contribution in [0.4, 0.5) is 11.4 Å². The van der Waals surface area contributed by atoms with Crippen LogP contribution in [-0.4, -0.2) is 251 Å². The van der Waals surface area contributed by atoms with Crippen LogP contribution >= 0.6 is 23.5 Å². The molecule has 4 aromatic carbocycles. The van der Waals surface area contributed by atoms with Crippen LogP contribution in [0.2, 0.25) is 0 Å². The quantitative estimate of drug-likeness (QED) is 0.00789. The first-order valence-corrected chi connectivity index (χ1v) is 46.2. The second kappa shape index (κ2) is 51.3. The number of nitrogens with zero attached hydrogens (tertiary/aromatic N) is 1. The number of ether oxygens (including phenoxy) is 6. The summed E-state index contributed by atoms with van der Waals surface area (Å²) in [4.78, 5) is 186. The normalized spacial score (nSPS) is 17.7. The summed E-state index contributed by atoms with van der Waals surface area (Å²) in [6.07, 6.45) is 5.52. The highest BCUT2D eigenvalue weighted by Crippen LogP contribution is 2.56. The topological polar surface area (TPSA) is 671 Å². The number of benzene rings is 4. The molecule has 4 aliphatic rings. The zero-order valence-electron chi connectivity index (χ0n) is 74.1. The number of rotatable bonds is 56. The van der Waals surface area contributed by atoms with E-state index in [-0.39, 0.29) is 153 Å². The van der Waals surface area contributed by atoms with Gasteiger partial charge in [-0.05, 0) is 198 Å². The van der Waals surface area contributed by atoms with Crippen molar-refractivity contribution in [1.29, 1.82) is 10.8 Å². The molecule has 131 heavy (non-hydrogen) atoms. The molecule has 9 rings (SSSR count). The van der Waals surface area contributed by atoms with E-state index in [0.29, 0.717) is 96.5 Å². The van der Waals surface area contributed by atoms with E-state index >= 15 is 0 Å². The Kier molecular flexibility index (Phi) is 40.1. The van der Waals surface area contributed by atoms with Crippen molar-refractivity contribution in [2.75, 3.05) is 109 Å². The van der Waals surface area contributed by atoms with E-state index in [2.05, 4.69) is 68.8 Å². The predicted octanol–water partition coefficient (Wildman–Crippen LogP) is -0.179. The third-order valence-electron chi connectivity index (χ3n) is 23.0. The number of hydrogen-bond acceptors (Lipinski definition) is 28. The van der Waals surface area contributed by atoms with Crippen LogP contribution in [0.15, 0.2) is 79.0 Å². The van der Waals surface area contributed by atoms with Gasteiger partial charge in [0.2, 0.25) is 83.4 Å². The lowest BCUT2D eigenvalue weighted by Gasteiger charge is -2.40. The zero-order chi connectivity index (χ0) is 94.8. The van der Waals surface area contributed by atoms with Gasteiger partial charge < -0.3 is 137 Å². The number of aromatic amines is 1. The summed E-state index contributed by atoms with van der Waals surface area (Å²) in [5.74, 6) is -8.80. The van der Waals surface area contributed by atoms with E-state index < -0.39 is 149 Å². The molecule has 2 fully saturated rings. The lowest BCUT2D eigenvalue weighted by Crippen LogP contribution is -2.60. The van der Waals surface area contributed by atoms with Gasteiger partial charge >= 0.3 is 5.97 Å². The fraction of sp³-hybridized carbons (Fsp3) is 0.529. The number of unbranched alkanes of at least 4 members (excludes halogenated alkanes) is 3. The van der Waals surface area contributed by atoms with Crippen molar-refractivity contribution < 1.29 is 90.8 Å². The van der Waals surface area contributed by atoms with Crippen molar-refractivity contribution in [3.8, 4) is 28.7 Å². The number of para-hydroxylation sites is 1. The molecule has 2 saturated heterocycles. The maximum atomic E-state index is 14.9. The third kappa shape index (κ3) is 29.3. The fourth-order valence-electron chi connectivity index (χ4n) is 16.1. The van der Waals surface area contributed by atoms with Gasteiger partial charge in [-0.15, -0.1) is 11.8 Å². The van der Waals surface area contributed by atoms with Gasteiger partial charge in [-0.25, -0.2) is 0 Å². The lowest BCUT2D eigenvalue weighted by atomic mass is 9.65. The fourth-order valence-corrected chi connectivity index (χ4v) is 17.7. The smallest absolute Gasteiger partial charge is 0.310 e. The van der Waals surface area contributed by atoms with E-state index in [1.54, 1.807) is 42.8 Å². The SMILES string of the molecule is COc1cc([C@@H]2c3cc4c(cc3[C@@H](Nc3ccc(NC(=O)CCN5C(=O)CC(SC[C@H](N)C(=O)NCCC(=O)N[C@@H](CCCNC(=N)N)C(=O)N[C@@H](CCCNC(=N)N)C(=O)N[C@@H](CCSC)C(=O)N[C@@H](CCCCN)C(=O)N[C@@H](Cc6c[nH]c7ccccc67)C(=O)N[C@@H](CCCCN)C(=O)N[C@@H](CCCCN)C(N)=O)C5=O)cc3)[C@H]3COC(=O)[C@H]23)OCO4)cc(OC)c1OC. The first kappa shape index (κ1) is 102. The number of carbonyl (C=O) groups excluding carboxylic acids is 13. The molecule has 1 unspecified atom stereocenters. The molecule has 5 aromatic rings. The van der Waals surface area contributed by atoms with Crippen LogP contribution in [0.25, 0.3) is 10.9 Å². The molecule has 44 heteroatoms. The third-order valence-corrected chi connectivity index (χ3v) is 24.9. The van der Waals surface area contributed by atoms with Gasteiger partial charge in [0.15, 0.2) is 34.9 Å². The van der Waals surface area contributed by atoms with Gasteiger partial charge in [-0.1, -0.05) is 18.2 Å². The summed E-state index contributed by atoms with van der Waals surface area (Å²) in [5.41, 5.74) is 45.4. The summed E-state index contributed by atoms with van der Waals surface area (Å²) < 4.78 is 34.5. The minimum absolute atomic E-state index is 0.00124. The summed E-state index contributed by atoms with van der Waals surface area (Å²) in [5, 5.41) is 48.8. The van der Waals surface area contributed by atoms with Crippen LogP contribution < -0.4 is 128 Å². The van der Waals surface area contributed by atoms with Crippen LogP contribution in [0.3, 0.4) is 0 Å². The maximum Gasteiger partial charge on any atom is 0.310 e. The average molecular weight is 1860 g/mol. The summed E-state index contributed by atoms with van der Waals surface area (Å²) >= 11 is 2.32. The number of likely N-dealkylation sites (tertiary alicyclic amines) is 1. The first-order valence-electron chi connectivity index (χ1n) is 43.8. The van der Waals surface area contributed by atoms with Gasteiger partial charge in [0.1, 0.15) is 42.3 Å². The van der Waals surface area contributed by atoms with E-state index in [9.17, 15) is 62.3 Å². The average Bonchev–Trinajstić information content (AvgIpc) is 1.64. The molecule has 42 nitrogen and oxygen atoms in total. The minimum Gasteiger partial charge on any atom is -0.493 e. The Morgan fingerprint density at radius 2 is 1.08 bits per heavy atom. The highest BCUT2D eigenvalue weighted by molar-refractivity contribution is 8.00. The highest BCUT2D eigenvalue weighted by atomic mass is 32.2. The van der Waals surface area contributed by atoms with Gasteiger partial charge in [-0.2, -0.15) is 11.8 Å². The number of fused-ring (bicyclic) bond motifs is 4. The van der Waals surface area contributed by atoms with Gasteiger partial charge in [0, 0.05) is 97.9 Å². The largest absolute Gasteiger partial charge is 0.493 e. The van der Waals surface area contributed by atoms with Crippen LogP contribution in [0, 0.1) is 22.7 Å². The molecule has 0 bridgehead atoms. The molecule has 1 aromatic heterocycles. The van der Waals surface area contributed by atoms with Gasteiger partial charge in [0.25, 0.3) is 0 Å². The van der Waals surface area contributed by atoms with Crippen LogP contribution in [0.1, 0.15) is 143 Å². The van der Waals surface area contributed by atoms with E-state index in [1.807, 2.05) is 42.5 Å². The number of hydrogen-bond donors (Lipinski definition) is 22. The Hall–Kier alpha value is -12.4. The monoisotopic (exact) mass is 1860 g/mol. The molecule has 0 spiro atoms.